The second-order valence-electron chi connectivity index (χ2n) is 7.37. The number of Topliss-reactive ketones (excluding diaryl/α,β-unsaturated/α-hetero) is 1. The van der Waals surface area contributed by atoms with E-state index in [0.717, 1.165) is 5.69 Å². The summed E-state index contributed by atoms with van der Waals surface area (Å²) in [5.41, 5.74) is 2.98. The first-order chi connectivity index (χ1) is 15.4. The predicted octanol–water partition coefficient (Wildman–Crippen LogP) is 3.57. The molecule has 0 saturated carbocycles. The monoisotopic (exact) mass is 433 g/mol. The van der Waals surface area contributed by atoms with Crippen LogP contribution in [0.3, 0.4) is 0 Å². The van der Waals surface area contributed by atoms with Crippen molar-refractivity contribution in [2.75, 3.05) is 6.61 Å². The van der Waals surface area contributed by atoms with Crippen LogP contribution >= 0.6 is 0 Å². The number of rotatable bonds is 7. The van der Waals surface area contributed by atoms with Gasteiger partial charge < -0.3 is 9.26 Å². The maximum atomic E-state index is 12.8. The van der Waals surface area contributed by atoms with E-state index in [-0.39, 0.29) is 12.4 Å². The number of carbonyl (C=O) groups is 2. The molecule has 164 valence electrons. The van der Waals surface area contributed by atoms with Gasteiger partial charge in [0.05, 0.1) is 11.9 Å². The summed E-state index contributed by atoms with van der Waals surface area (Å²) in [5.74, 6) is 0.983. The van der Waals surface area contributed by atoms with Crippen molar-refractivity contribution < 1.29 is 18.8 Å². The fraction of sp³-hybridized carbons (Fsp3) is 0.261. The van der Waals surface area contributed by atoms with E-state index in [2.05, 4.69) is 15.2 Å². The number of aromatic nitrogens is 5. The molecule has 32 heavy (non-hydrogen) atoms. The highest BCUT2D eigenvalue weighted by Gasteiger charge is 2.22. The number of esters is 1. The van der Waals surface area contributed by atoms with Gasteiger partial charge in [0.1, 0.15) is 11.3 Å². The number of ether oxygens (including phenoxy) is 1. The molecule has 0 aliphatic rings. The number of hydrogen-bond donors (Lipinski definition) is 0. The van der Waals surface area contributed by atoms with E-state index in [1.807, 2.05) is 31.4 Å². The Hall–Kier alpha value is -4.01. The smallest absolute Gasteiger partial charge is 0.342 e. The molecule has 0 aliphatic heterocycles. The molecule has 0 aromatic carbocycles. The zero-order chi connectivity index (χ0) is 22.8. The lowest BCUT2D eigenvalue weighted by atomic mass is 10.1. The molecule has 0 radical (unpaired) electrons. The molecule has 0 fully saturated rings. The van der Waals surface area contributed by atoms with Gasteiger partial charge in [0.15, 0.2) is 18.2 Å². The third-order valence-corrected chi connectivity index (χ3v) is 5.20. The van der Waals surface area contributed by atoms with Gasteiger partial charge in [-0.2, -0.15) is 5.10 Å². The van der Waals surface area contributed by atoms with Crippen LogP contribution in [0.1, 0.15) is 50.5 Å². The van der Waals surface area contributed by atoms with Crippen LogP contribution in [-0.2, 0) is 11.2 Å². The fourth-order valence-electron chi connectivity index (χ4n) is 3.70. The molecule has 0 bridgehead atoms. The molecular weight excluding hydrogens is 410 g/mol. The normalized spacial score (nSPS) is 11.0. The predicted molar refractivity (Wildman–Crippen MR) is 115 cm³/mol. The van der Waals surface area contributed by atoms with Gasteiger partial charge in [-0.05, 0) is 45.4 Å². The third-order valence-electron chi connectivity index (χ3n) is 5.20. The first-order valence-electron chi connectivity index (χ1n) is 10.2. The molecule has 9 nitrogen and oxygen atoms in total. The van der Waals surface area contributed by atoms with E-state index in [1.54, 1.807) is 42.1 Å². The van der Waals surface area contributed by atoms with Crippen LogP contribution in [0.4, 0.5) is 0 Å². The van der Waals surface area contributed by atoms with Gasteiger partial charge in [-0.1, -0.05) is 18.1 Å². The number of nitrogens with zero attached hydrogens (tertiary/aromatic N) is 5. The van der Waals surface area contributed by atoms with Crippen molar-refractivity contribution in [3.05, 3.63) is 76.7 Å². The average Bonchev–Trinajstić information content (AvgIpc) is 3.49. The first-order valence-corrected chi connectivity index (χ1v) is 10.2. The number of hydrogen-bond acceptors (Lipinski definition) is 7. The second-order valence-corrected chi connectivity index (χ2v) is 7.37. The van der Waals surface area contributed by atoms with E-state index >= 15 is 0 Å². The maximum Gasteiger partial charge on any atom is 0.342 e. The third kappa shape index (κ3) is 3.84. The van der Waals surface area contributed by atoms with Gasteiger partial charge in [-0.15, -0.1) is 0 Å². The quantitative estimate of drug-likeness (QED) is 0.324. The Balaban J connectivity index is 1.51. The van der Waals surface area contributed by atoms with Crippen molar-refractivity contribution in [2.24, 2.45) is 0 Å². The standard InChI is InChI=1S/C23H23N5O4/c1-5-19-18(12-25-28(19)21-8-6-7-9-24-21)23(30)31-13-20(29)17-10-14(2)27(16(17)4)22-11-15(3)32-26-22/h6-12H,5,13H2,1-4H3. The molecule has 0 saturated heterocycles. The number of ketones is 1. The van der Waals surface area contributed by atoms with Crippen molar-refractivity contribution in [1.29, 1.82) is 0 Å². The topological polar surface area (TPSA) is 105 Å². The van der Waals surface area contributed by atoms with Gasteiger partial charge in [-0.3, -0.25) is 9.36 Å². The van der Waals surface area contributed by atoms with Gasteiger partial charge in [0, 0.05) is 29.2 Å². The summed E-state index contributed by atoms with van der Waals surface area (Å²) in [4.78, 5) is 29.8. The SMILES string of the molecule is CCc1c(C(=O)OCC(=O)c2cc(C)n(-c3cc(C)on3)c2C)cnn1-c1ccccn1. The molecule has 4 aromatic rings. The van der Waals surface area contributed by atoms with Crippen molar-refractivity contribution in [1.82, 2.24) is 24.5 Å². The summed E-state index contributed by atoms with van der Waals surface area (Å²) >= 11 is 0. The van der Waals surface area contributed by atoms with Crippen LogP contribution in [0.25, 0.3) is 11.6 Å². The summed E-state index contributed by atoms with van der Waals surface area (Å²) in [6.07, 6.45) is 3.65. The minimum absolute atomic E-state index is 0.298. The lowest BCUT2D eigenvalue weighted by Crippen LogP contribution is -2.16. The summed E-state index contributed by atoms with van der Waals surface area (Å²) in [7, 11) is 0. The molecule has 0 unspecified atom stereocenters. The number of aryl methyl sites for hydroxylation is 2. The molecule has 0 amide bonds. The van der Waals surface area contributed by atoms with Gasteiger partial charge in [-0.25, -0.2) is 14.5 Å². The van der Waals surface area contributed by atoms with Crippen LogP contribution in [0, 0.1) is 20.8 Å². The van der Waals surface area contributed by atoms with E-state index in [9.17, 15) is 9.59 Å². The zero-order valence-electron chi connectivity index (χ0n) is 18.3. The van der Waals surface area contributed by atoms with Crippen LogP contribution in [0.15, 0.2) is 47.2 Å². The Bertz CT molecular complexity index is 1280. The highest BCUT2D eigenvalue weighted by molar-refractivity contribution is 6.00. The van der Waals surface area contributed by atoms with Crippen molar-refractivity contribution in [3.8, 4) is 11.6 Å². The van der Waals surface area contributed by atoms with Crippen molar-refractivity contribution in [3.63, 3.8) is 0 Å². The molecule has 4 heterocycles. The molecule has 4 aromatic heterocycles. The second kappa shape index (κ2) is 8.62. The van der Waals surface area contributed by atoms with Crippen molar-refractivity contribution >= 4 is 11.8 Å². The minimum Gasteiger partial charge on any atom is -0.454 e. The van der Waals surface area contributed by atoms with E-state index in [0.29, 0.717) is 46.3 Å². The largest absolute Gasteiger partial charge is 0.454 e. The fourth-order valence-corrected chi connectivity index (χ4v) is 3.70. The molecule has 0 spiro atoms. The van der Waals surface area contributed by atoms with Crippen LogP contribution in [0.2, 0.25) is 0 Å². The summed E-state index contributed by atoms with van der Waals surface area (Å²) in [5, 5.41) is 8.29. The molecule has 0 atom stereocenters. The Labute approximate surface area is 184 Å². The van der Waals surface area contributed by atoms with Gasteiger partial charge >= 0.3 is 5.97 Å². The zero-order valence-corrected chi connectivity index (χ0v) is 18.3. The molecular formula is C23H23N5O4. The first kappa shape index (κ1) is 21.2. The van der Waals surface area contributed by atoms with Crippen LogP contribution in [0.5, 0.6) is 0 Å². The molecule has 0 N–H and O–H groups in total. The highest BCUT2D eigenvalue weighted by atomic mass is 16.5. The number of carbonyl (C=O) groups excluding carboxylic acids is 2. The average molecular weight is 433 g/mol. The van der Waals surface area contributed by atoms with Crippen molar-refractivity contribution in [2.45, 2.75) is 34.1 Å². The van der Waals surface area contributed by atoms with E-state index < -0.39 is 5.97 Å². The summed E-state index contributed by atoms with van der Waals surface area (Å²) < 4.78 is 13.9. The minimum atomic E-state index is -0.599. The Morgan fingerprint density at radius 1 is 1.09 bits per heavy atom. The van der Waals surface area contributed by atoms with E-state index in [4.69, 9.17) is 9.26 Å². The Morgan fingerprint density at radius 3 is 2.56 bits per heavy atom. The van der Waals surface area contributed by atoms with E-state index in [1.165, 1.54) is 6.20 Å². The molecule has 4 rings (SSSR count). The van der Waals surface area contributed by atoms with Gasteiger partial charge in [0.25, 0.3) is 0 Å². The molecule has 0 aliphatic carbocycles. The van der Waals surface area contributed by atoms with Crippen LogP contribution < -0.4 is 0 Å². The number of pyridine rings is 1. The van der Waals surface area contributed by atoms with Gasteiger partial charge in [0.2, 0.25) is 5.78 Å². The molecule has 9 heteroatoms. The maximum absolute atomic E-state index is 12.8. The Morgan fingerprint density at radius 2 is 1.91 bits per heavy atom. The lowest BCUT2D eigenvalue weighted by Gasteiger charge is -2.08. The summed E-state index contributed by atoms with van der Waals surface area (Å²) in [6.45, 7) is 7.03. The highest BCUT2D eigenvalue weighted by Crippen LogP contribution is 2.22. The summed E-state index contributed by atoms with van der Waals surface area (Å²) in [6, 6.07) is 9.00. The Kier molecular flexibility index (Phi) is 5.72. The van der Waals surface area contributed by atoms with Crippen LogP contribution in [-0.4, -0.2) is 42.8 Å². The lowest BCUT2D eigenvalue weighted by molar-refractivity contribution is 0.0473.